The number of carbonyl (C=O) groups excluding carboxylic acids is 1. The lowest BCUT2D eigenvalue weighted by atomic mass is 10.0. The van der Waals surface area contributed by atoms with Crippen LogP contribution in [0.3, 0.4) is 0 Å². The van der Waals surface area contributed by atoms with Crippen molar-refractivity contribution in [2.24, 2.45) is 5.92 Å². The molecule has 106 valence electrons. The molecule has 0 bridgehead atoms. The van der Waals surface area contributed by atoms with Gasteiger partial charge >= 0.3 is 12.0 Å². The molecular formula is C12H19N3O3S. The van der Waals surface area contributed by atoms with Gasteiger partial charge in [0.1, 0.15) is 5.01 Å². The third-order valence-corrected chi connectivity index (χ3v) is 3.72. The summed E-state index contributed by atoms with van der Waals surface area (Å²) in [5, 5.41) is 16.9. The second-order valence-electron chi connectivity index (χ2n) is 4.32. The number of hydrogen-bond acceptors (Lipinski definition) is 4. The standard InChI is InChI=1S/C12H19N3O3S/c1-3-9(6-10(16)17)7-14-12(18)15-8(2)11-13-4-5-19-11/h4-5,8-9H,3,6-7H2,1-2H3,(H,16,17)(H2,14,15,18). The van der Waals surface area contributed by atoms with Crippen LogP contribution in [-0.4, -0.2) is 28.6 Å². The number of nitrogens with zero attached hydrogens (tertiary/aromatic N) is 1. The predicted molar refractivity (Wildman–Crippen MR) is 73.1 cm³/mol. The maximum Gasteiger partial charge on any atom is 0.315 e. The summed E-state index contributed by atoms with van der Waals surface area (Å²) in [5.74, 6) is -0.886. The molecule has 0 saturated heterocycles. The molecule has 0 radical (unpaired) electrons. The average Bonchev–Trinajstić information content (AvgIpc) is 2.87. The predicted octanol–water partition coefficient (Wildman–Crippen LogP) is 2.00. The van der Waals surface area contributed by atoms with Crippen LogP contribution >= 0.6 is 11.3 Å². The first-order chi connectivity index (χ1) is 9.02. The fourth-order valence-corrected chi connectivity index (χ4v) is 2.25. The van der Waals surface area contributed by atoms with Crippen molar-refractivity contribution in [2.75, 3.05) is 6.54 Å². The summed E-state index contributed by atoms with van der Waals surface area (Å²) in [5.41, 5.74) is 0. The zero-order chi connectivity index (χ0) is 14.3. The van der Waals surface area contributed by atoms with Crippen LogP contribution in [-0.2, 0) is 4.79 Å². The molecular weight excluding hydrogens is 266 g/mol. The topological polar surface area (TPSA) is 91.3 Å². The van der Waals surface area contributed by atoms with Gasteiger partial charge in [0.25, 0.3) is 0 Å². The van der Waals surface area contributed by atoms with Gasteiger partial charge in [-0.1, -0.05) is 13.3 Å². The maximum atomic E-state index is 11.7. The molecule has 6 nitrogen and oxygen atoms in total. The summed E-state index contributed by atoms with van der Waals surface area (Å²) >= 11 is 1.48. The molecule has 2 unspecified atom stereocenters. The molecule has 0 aromatic carbocycles. The monoisotopic (exact) mass is 285 g/mol. The van der Waals surface area contributed by atoms with E-state index < -0.39 is 5.97 Å². The minimum absolute atomic E-state index is 0.0431. The van der Waals surface area contributed by atoms with E-state index in [0.29, 0.717) is 13.0 Å². The van der Waals surface area contributed by atoms with Gasteiger partial charge in [-0.3, -0.25) is 4.79 Å². The normalized spacial score (nSPS) is 13.6. The second kappa shape index (κ2) is 7.73. The van der Waals surface area contributed by atoms with E-state index in [2.05, 4.69) is 15.6 Å². The van der Waals surface area contributed by atoms with Crippen molar-refractivity contribution < 1.29 is 14.7 Å². The smallest absolute Gasteiger partial charge is 0.315 e. The van der Waals surface area contributed by atoms with Gasteiger partial charge in [-0.15, -0.1) is 11.3 Å². The highest BCUT2D eigenvalue weighted by atomic mass is 32.1. The van der Waals surface area contributed by atoms with Gasteiger partial charge in [0, 0.05) is 24.5 Å². The molecule has 1 aromatic heterocycles. The molecule has 0 aliphatic rings. The van der Waals surface area contributed by atoms with Crippen LogP contribution in [0, 0.1) is 5.92 Å². The van der Waals surface area contributed by atoms with Gasteiger partial charge in [0.2, 0.25) is 0 Å². The van der Waals surface area contributed by atoms with Gasteiger partial charge in [-0.25, -0.2) is 9.78 Å². The number of rotatable bonds is 7. The van der Waals surface area contributed by atoms with Crippen LogP contribution in [0.25, 0.3) is 0 Å². The zero-order valence-electron chi connectivity index (χ0n) is 11.0. The summed E-state index contributed by atoms with van der Waals surface area (Å²) in [7, 11) is 0. The first kappa shape index (κ1) is 15.4. The lowest BCUT2D eigenvalue weighted by Gasteiger charge is -2.16. The molecule has 2 atom stereocenters. The minimum Gasteiger partial charge on any atom is -0.481 e. The average molecular weight is 285 g/mol. The molecule has 1 heterocycles. The summed E-state index contributed by atoms with van der Waals surface area (Å²) < 4.78 is 0. The first-order valence-electron chi connectivity index (χ1n) is 6.18. The van der Waals surface area contributed by atoms with Gasteiger partial charge in [-0.05, 0) is 12.8 Å². The highest BCUT2D eigenvalue weighted by molar-refractivity contribution is 7.09. The van der Waals surface area contributed by atoms with E-state index >= 15 is 0 Å². The number of thiazole rings is 1. The number of aromatic nitrogens is 1. The van der Waals surface area contributed by atoms with Crippen molar-refractivity contribution >= 4 is 23.3 Å². The Morgan fingerprint density at radius 1 is 1.53 bits per heavy atom. The maximum absolute atomic E-state index is 11.7. The lowest BCUT2D eigenvalue weighted by molar-refractivity contribution is -0.138. The summed E-state index contributed by atoms with van der Waals surface area (Å²) in [6.45, 7) is 4.12. The SMILES string of the molecule is CCC(CNC(=O)NC(C)c1nccs1)CC(=O)O. The van der Waals surface area contributed by atoms with E-state index in [1.54, 1.807) is 6.20 Å². The van der Waals surface area contributed by atoms with Crippen molar-refractivity contribution in [3.8, 4) is 0 Å². The van der Waals surface area contributed by atoms with Crippen molar-refractivity contribution in [1.82, 2.24) is 15.6 Å². The van der Waals surface area contributed by atoms with Crippen LogP contribution in [0.1, 0.15) is 37.7 Å². The molecule has 3 N–H and O–H groups in total. The van der Waals surface area contributed by atoms with Crippen molar-refractivity contribution in [2.45, 2.75) is 32.7 Å². The number of amides is 2. The fourth-order valence-electron chi connectivity index (χ4n) is 1.60. The highest BCUT2D eigenvalue weighted by Gasteiger charge is 2.14. The van der Waals surface area contributed by atoms with E-state index in [-0.39, 0.29) is 24.4 Å². The molecule has 19 heavy (non-hydrogen) atoms. The number of nitrogens with one attached hydrogen (secondary N) is 2. The highest BCUT2D eigenvalue weighted by Crippen LogP contribution is 2.14. The number of hydrogen-bond donors (Lipinski definition) is 3. The number of urea groups is 1. The van der Waals surface area contributed by atoms with Crippen LogP contribution in [0.2, 0.25) is 0 Å². The Morgan fingerprint density at radius 3 is 2.79 bits per heavy atom. The second-order valence-corrected chi connectivity index (χ2v) is 5.24. The number of carboxylic acid groups (broad SMARTS) is 1. The summed E-state index contributed by atoms with van der Waals surface area (Å²) in [6, 6.07) is -0.453. The molecule has 7 heteroatoms. The number of carboxylic acids is 1. The van der Waals surface area contributed by atoms with Crippen molar-refractivity contribution in [3.63, 3.8) is 0 Å². The van der Waals surface area contributed by atoms with Gasteiger partial charge in [-0.2, -0.15) is 0 Å². The largest absolute Gasteiger partial charge is 0.481 e. The number of carbonyl (C=O) groups is 2. The van der Waals surface area contributed by atoms with Crippen molar-refractivity contribution in [3.05, 3.63) is 16.6 Å². The van der Waals surface area contributed by atoms with Crippen LogP contribution < -0.4 is 10.6 Å². The molecule has 2 amide bonds. The Kier molecular flexibility index (Phi) is 6.27. The van der Waals surface area contributed by atoms with Crippen LogP contribution in [0.5, 0.6) is 0 Å². The Labute approximate surface area is 116 Å². The fraction of sp³-hybridized carbons (Fsp3) is 0.583. The van der Waals surface area contributed by atoms with Crippen molar-refractivity contribution in [1.29, 1.82) is 0 Å². The van der Waals surface area contributed by atoms with Gasteiger partial charge in [0.15, 0.2) is 0 Å². The molecule has 0 fully saturated rings. The van der Waals surface area contributed by atoms with E-state index in [9.17, 15) is 9.59 Å². The molecule has 0 aliphatic heterocycles. The molecule has 0 spiro atoms. The lowest BCUT2D eigenvalue weighted by Crippen LogP contribution is -2.39. The van der Waals surface area contributed by atoms with E-state index in [1.165, 1.54) is 11.3 Å². The zero-order valence-corrected chi connectivity index (χ0v) is 11.9. The summed E-state index contributed by atoms with van der Waals surface area (Å²) in [6.07, 6.45) is 2.48. The molecule has 0 aliphatic carbocycles. The molecule has 1 aromatic rings. The van der Waals surface area contributed by atoms with E-state index in [1.807, 2.05) is 19.2 Å². The Bertz CT molecular complexity index is 408. The Balaban J connectivity index is 2.32. The molecule has 1 rings (SSSR count). The quantitative estimate of drug-likeness (QED) is 0.714. The van der Waals surface area contributed by atoms with E-state index in [4.69, 9.17) is 5.11 Å². The number of aliphatic carboxylic acids is 1. The Hall–Kier alpha value is -1.63. The van der Waals surface area contributed by atoms with Gasteiger partial charge in [0.05, 0.1) is 6.04 Å². The van der Waals surface area contributed by atoms with E-state index in [0.717, 1.165) is 5.01 Å². The summed E-state index contributed by atoms with van der Waals surface area (Å²) in [4.78, 5) is 26.4. The van der Waals surface area contributed by atoms with Crippen LogP contribution in [0.15, 0.2) is 11.6 Å². The van der Waals surface area contributed by atoms with Gasteiger partial charge < -0.3 is 15.7 Å². The third kappa shape index (κ3) is 5.69. The first-order valence-corrected chi connectivity index (χ1v) is 7.06. The third-order valence-electron chi connectivity index (χ3n) is 2.76. The van der Waals surface area contributed by atoms with Crippen LogP contribution in [0.4, 0.5) is 4.79 Å². The molecule has 0 saturated carbocycles. The Morgan fingerprint density at radius 2 is 2.26 bits per heavy atom. The minimum atomic E-state index is -0.842.